The minimum atomic E-state index is 0.517. The lowest BCUT2D eigenvalue weighted by molar-refractivity contribution is 1.37. The smallest absolute Gasteiger partial charge is 0.161 e. The predicted octanol–water partition coefficient (Wildman–Crippen LogP) is 5.44. The van der Waals surface area contributed by atoms with Crippen LogP contribution in [0.2, 0.25) is 0 Å². The Balaban J connectivity index is 2.55. The number of amidine groups is 2. The minimum Gasteiger partial charge on any atom is -0.270 e. The summed E-state index contributed by atoms with van der Waals surface area (Å²) in [6.45, 7) is 13.3. The van der Waals surface area contributed by atoms with E-state index in [9.17, 15) is 0 Å². The topological polar surface area (TPSA) is 37.1 Å². The Morgan fingerprint density at radius 2 is 1.73 bits per heavy atom. The Morgan fingerprint density at radius 3 is 2.31 bits per heavy atom. The molecule has 0 bridgehead atoms. The van der Waals surface area contributed by atoms with Crippen molar-refractivity contribution in [3.8, 4) is 11.1 Å². The number of allylic oxidation sites excluding steroid dienone is 2. The zero-order chi connectivity index (χ0) is 18.9. The van der Waals surface area contributed by atoms with Crippen LogP contribution in [0.5, 0.6) is 0 Å². The zero-order valence-corrected chi connectivity index (χ0v) is 15.3. The van der Waals surface area contributed by atoms with Crippen LogP contribution in [0.4, 0.5) is 0 Å². The molecule has 2 rings (SSSR count). The van der Waals surface area contributed by atoms with Gasteiger partial charge in [0.1, 0.15) is 0 Å². The fourth-order valence-electron chi connectivity index (χ4n) is 2.61. The number of aryl methyl sites for hydroxylation is 1. The van der Waals surface area contributed by atoms with Crippen molar-refractivity contribution in [3.05, 3.63) is 96.6 Å². The summed E-state index contributed by atoms with van der Waals surface area (Å²) < 4.78 is 0. The minimum absolute atomic E-state index is 0.517. The van der Waals surface area contributed by atoms with Crippen molar-refractivity contribution in [1.29, 1.82) is 0 Å². The number of hydrogen-bond donors (Lipinski definition) is 0. The van der Waals surface area contributed by atoms with Gasteiger partial charge in [0, 0.05) is 18.2 Å². The molecule has 0 aliphatic rings. The largest absolute Gasteiger partial charge is 0.270 e. The van der Waals surface area contributed by atoms with Gasteiger partial charge in [-0.1, -0.05) is 67.8 Å². The van der Waals surface area contributed by atoms with Crippen molar-refractivity contribution in [2.24, 2.45) is 15.0 Å². The van der Waals surface area contributed by atoms with Crippen LogP contribution >= 0.6 is 0 Å². The van der Waals surface area contributed by atoms with Gasteiger partial charge < -0.3 is 0 Å². The van der Waals surface area contributed by atoms with Crippen LogP contribution in [0.3, 0.4) is 0 Å². The normalized spacial score (nSPS) is 12.6. The zero-order valence-electron chi connectivity index (χ0n) is 15.3. The molecule has 2 aromatic carbocycles. The molecule has 0 amide bonds. The van der Waals surface area contributed by atoms with Gasteiger partial charge >= 0.3 is 0 Å². The van der Waals surface area contributed by atoms with Crippen LogP contribution in [0.25, 0.3) is 11.1 Å². The van der Waals surface area contributed by atoms with Crippen molar-refractivity contribution < 1.29 is 0 Å². The molecule has 0 aliphatic heterocycles. The highest BCUT2D eigenvalue weighted by molar-refractivity contribution is 6.13. The molecule has 0 saturated heterocycles. The standard InChI is InChI=1S/C23H23N3/c1-6-11-18(7-2)22(24-4)26-23(25-5)21-15-17(3)14-20(16-21)19-12-9-8-10-13-19/h6-16H,1-2,5H2,3-4H3/b18-11+,24-22?,26-23?. The molecular formula is C23H23N3. The summed E-state index contributed by atoms with van der Waals surface area (Å²) in [6.07, 6.45) is 5.18. The van der Waals surface area contributed by atoms with E-state index in [1.165, 1.54) is 0 Å². The molecule has 130 valence electrons. The van der Waals surface area contributed by atoms with Crippen molar-refractivity contribution in [2.75, 3.05) is 7.05 Å². The first-order valence-corrected chi connectivity index (χ1v) is 8.28. The molecule has 0 aromatic heterocycles. The monoisotopic (exact) mass is 341 g/mol. The van der Waals surface area contributed by atoms with Gasteiger partial charge in [-0.05, 0) is 42.5 Å². The van der Waals surface area contributed by atoms with Crippen molar-refractivity contribution in [2.45, 2.75) is 6.92 Å². The Hall–Kier alpha value is -3.33. The van der Waals surface area contributed by atoms with Gasteiger partial charge in [-0.25, -0.2) is 9.98 Å². The lowest BCUT2D eigenvalue weighted by Gasteiger charge is -2.09. The van der Waals surface area contributed by atoms with Crippen LogP contribution in [0, 0.1) is 6.92 Å². The fraction of sp³-hybridized carbons (Fsp3) is 0.0870. The highest BCUT2D eigenvalue weighted by atomic mass is 15.0. The maximum Gasteiger partial charge on any atom is 0.161 e. The van der Waals surface area contributed by atoms with Crippen molar-refractivity contribution in [3.63, 3.8) is 0 Å². The van der Waals surface area contributed by atoms with Crippen LogP contribution in [0.1, 0.15) is 11.1 Å². The molecule has 2 aromatic rings. The second-order valence-corrected chi connectivity index (χ2v) is 5.66. The quantitative estimate of drug-likeness (QED) is 0.395. The van der Waals surface area contributed by atoms with E-state index >= 15 is 0 Å². The van der Waals surface area contributed by atoms with E-state index in [0.29, 0.717) is 11.7 Å². The predicted molar refractivity (Wildman–Crippen MR) is 115 cm³/mol. The maximum absolute atomic E-state index is 4.60. The van der Waals surface area contributed by atoms with Gasteiger partial charge in [0.05, 0.1) is 0 Å². The lowest BCUT2D eigenvalue weighted by atomic mass is 10.00. The first-order chi connectivity index (χ1) is 12.6. The summed E-state index contributed by atoms with van der Waals surface area (Å²) >= 11 is 0. The summed E-state index contributed by atoms with van der Waals surface area (Å²) in [5.41, 5.74) is 5.04. The Labute approximate surface area is 155 Å². The van der Waals surface area contributed by atoms with Crippen LogP contribution in [-0.2, 0) is 0 Å². The molecule has 0 fully saturated rings. The summed E-state index contributed by atoms with van der Waals surface area (Å²) in [7, 11) is 1.69. The molecular weight excluding hydrogens is 318 g/mol. The molecule has 0 saturated carbocycles. The van der Waals surface area contributed by atoms with E-state index in [4.69, 9.17) is 0 Å². The van der Waals surface area contributed by atoms with Crippen LogP contribution in [0.15, 0.2) is 100 Å². The number of rotatable bonds is 5. The lowest BCUT2D eigenvalue weighted by Crippen LogP contribution is -2.05. The maximum atomic E-state index is 4.60. The number of nitrogens with zero attached hydrogens (tertiary/aromatic N) is 3. The molecule has 26 heavy (non-hydrogen) atoms. The van der Waals surface area contributed by atoms with E-state index in [-0.39, 0.29) is 0 Å². The molecule has 0 atom stereocenters. The van der Waals surface area contributed by atoms with Gasteiger partial charge in [-0.2, -0.15) is 0 Å². The second kappa shape index (κ2) is 9.23. The SMILES string of the molecule is C=C/C=C(\C=C)C(=NC)N=C(N=C)c1cc(C)cc(-c2ccccc2)c1. The highest BCUT2D eigenvalue weighted by Gasteiger charge is 2.09. The van der Waals surface area contributed by atoms with E-state index in [2.05, 4.69) is 66.0 Å². The highest BCUT2D eigenvalue weighted by Crippen LogP contribution is 2.23. The van der Waals surface area contributed by atoms with E-state index in [0.717, 1.165) is 27.8 Å². The van der Waals surface area contributed by atoms with Crippen molar-refractivity contribution >= 4 is 18.4 Å². The molecule has 0 spiro atoms. The van der Waals surface area contributed by atoms with E-state index in [1.54, 1.807) is 19.2 Å². The summed E-state index contributed by atoms with van der Waals surface area (Å²) in [4.78, 5) is 13.0. The van der Waals surface area contributed by atoms with Crippen molar-refractivity contribution in [1.82, 2.24) is 0 Å². The van der Waals surface area contributed by atoms with Gasteiger partial charge in [0.25, 0.3) is 0 Å². The first-order valence-electron chi connectivity index (χ1n) is 8.28. The third-order valence-electron chi connectivity index (χ3n) is 3.79. The Morgan fingerprint density at radius 1 is 1.00 bits per heavy atom. The average Bonchev–Trinajstić information content (AvgIpc) is 2.67. The third kappa shape index (κ3) is 4.61. The first kappa shape index (κ1) is 19.0. The second-order valence-electron chi connectivity index (χ2n) is 5.66. The Bertz CT molecular complexity index is 900. The van der Waals surface area contributed by atoms with Crippen LogP contribution < -0.4 is 0 Å². The van der Waals surface area contributed by atoms with Gasteiger partial charge in [0.2, 0.25) is 0 Å². The Kier molecular flexibility index (Phi) is 6.75. The van der Waals surface area contributed by atoms with Gasteiger partial charge in [0.15, 0.2) is 11.7 Å². The number of benzene rings is 2. The van der Waals surface area contributed by atoms with E-state index < -0.39 is 0 Å². The average molecular weight is 341 g/mol. The third-order valence-corrected chi connectivity index (χ3v) is 3.79. The van der Waals surface area contributed by atoms with E-state index in [1.807, 2.05) is 30.3 Å². The van der Waals surface area contributed by atoms with Gasteiger partial charge in [-0.15, -0.1) is 0 Å². The molecule has 0 unspecified atom stereocenters. The molecule has 0 aliphatic carbocycles. The van der Waals surface area contributed by atoms with Gasteiger partial charge in [-0.3, -0.25) is 4.99 Å². The molecule has 3 nitrogen and oxygen atoms in total. The van der Waals surface area contributed by atoms with Crippen LogP contribution in [-0.4, -0.2) is 25.4 Å². The summed E-state index contributed by atoms with van der Waals surface area (Å²) in [5.74, 6) is 1.05. The molecule has 0 N–H and O–H groups in total. The molecule has 0 radical (unpaired) electrons. The molecule has 3 heteroatoms. The summed E-state index contributed by atoms with van der Waals surface area (Å²) in [5, 5.41) is 0. The number of aliphatic imine (C=N–C) groups is 3. The molecule has 0 heterocycles. The number of hydrogen-bond acceptors (Lipinski definition) is 1. The fourth-order valence-corrected chi connectivity index (χ4v) is 2.61. The summed E-state index contributed by atoms with van der Waals surface area (Å²) in [6, 6.07) is 16.5.